The van der Waals surface area contributed by atoms with Crippen LogP contribution in [0.3, 0.4) is 0 Å². The lowest BCUT2D eigenvalue weighted by Gasteiger charge is -2.10. The van der Waals surface area contributed by atoms with Crippen molar-refractivity contribution in [3.05, 3.63) is 164 Å². The summed E-state index contributed by atoms with van der Waals surface area (Å²) in [5, 5.41) is 4.52. The molecular formula is C43H27N3O. The molecule has 7 aromatic carbocycles. The summed E-state index contributed by atoms with van der Waals surface area (Å²) in [5.74, 6) is 1.86. The molecule has 0 aliphatic heterocycles. The van der Waals surface area contributed by atoms with Crippen molar-refractivity contribution < 1.29 is 4.42 Å². The molecule has 0 unspecified atom stereocenters. The molecule has 0 saturated carbocycles. The van der Waals surface area contributed by atoms with Crippen LogP contribution in [0, 0.1) is 0 Å². The second-order valence-corrected chi connectivity index (χ2v) is 11.7. The topological polar surface area (TPSA) is 51.8 Å². The summed E-state index contributed by atoms with van der Waals surface area (Å²) >= 11 is 0. The molecule has 0 N–H and O–H groups in total. The summed E-state index contributed by atoms with van der Waals surface area (Å²) in [5.41, 5.74) is 9.09. The molecule has 0 radical (unpaired) electrons. The molecule has 47 heavy (non-hydrogen) atoms. The first-order chi connectivity index (χ1) is 23.3. The van der Waals surface area contributed by atoms with Crippen molar-refractivity contribution in [3.8, 4) is 56.4 Å². The summed E-state index contributed by atoms with van der Waals surface area (Å²) < 4.78 is 6.18. The van der Waals surface area contributed by atoms with Crippen molar-refractivity contribution in [3.63, 3.8) is 0 Å². The van der Waals surface area contributed by atoms with E-state index < -0.39 is 0 Å². The summed E-state index contributed by atoms with van der Waals surface area (Å²) in [6.45, 7) is 0. The Morgan fingerprint density at radius 1 is 0.340 bits per heavy atom. The lowest BCUT2D eigenvalue weighted by molar-refractivity contribution is 0.669. The Labute approximate surface area is 271 Å². The van der Waals surface area contributed by atoms with Gasteiger partial charge in [-0.3, -0.25) is 0 Å². The van der Waals surface area contributed by atoms with Crippen molar-refractivity contribution in [1.29, 1.82) is 0 Å². The number of benzene rings is 7. The maximum absolute atomic E-state index is 6.18. The molecule has 0 saturated heterocycles. The van der Waals surface area contributed by atoms with Gasteiger partial charge in [-0.05, 0) is 57.3 Å². The van der Waals surface area contributed by atoms with Crippen LogP contribution in [0.25, 0.3) is 89.1 Å². The van der Waals surface area contributed by atoms with Crippen LogP contribution in [0.2, 0.25) is 0 Å². The normalized spacial score (nSPS) is 11.4. The number of fused-ring (bicyclic) bond motifs is 4. The van der Waals surface area contributed by atoms with Gasteiger partial charge in [-0.2, -0.15) is 0 Å². The van der Waals surface area contributed by atoms with E-state index >= 15 is 0 Å². The van der Waals surface area contributed by atoms with Gasteiger partial charge in [-0.15, -0.1) is 0 Å². The second kappa shape index (κ2) is 11.2. The van der Waals surface area contributed by atoms with E-state index in [0.29, 0.717) is 17.5 Å². The Morgan fingerprint density at radius 3 is 1.72 bits per heavy atom. The van der Waals surface area contributed by atoms with Crippen LogP contribution in [0.1, 0.15) is 0 Å². The van der Waals surface area contributed by atoms with Crippen LogP contribution in [0.4, 0.5) is 0 Å². The molecule has 0 bridgehead atoms. The van der Waals surface area contributed by atoms with Crippen molar-refractivity contribution in [2.75, 3.05) is 0 Å². The fourth-order valence-corrected chi connectivity index (χ4v) is 6.36. The third-order valence-corrected chi connectivity index (χ3v) is 8.73. The quantitative estimate of drug-likeness (QED) is 0.197. The highest BCUT2D eigenvalue weighted by atomic mass is 16.3. The molecular weight excluding hydrogens is 574 g/mol. The number of hydrogen-bond donors (Lipinski definition) is 0. The lowest BCUT2D eigenvalue weighted by atomic mass is 9.97. The molecule has 2 heterocycles. The third-order valence-electron chi connectivity index (χ3n) is 8.73. The molecule has 4 heteroatoms. The van der Waals surface area contributed by atoms with E-state index in [-0.39, 0.29) is 0 Å². The van der Waals surface area contributed by atoms with E-state index in [1.807, 2.05) is 60.7 Å². The van der Waals surface area contributed by atoms with Gasteiger partial charge in [0.2, 0.25) is 0 Å². The SMILES string of the molecule is c1ccc(-c2nc(-c3ccc(-c4cccc(-c5ccc6ccccc6c5)c4)cc3)nc(-c3cccc4oc5ccccc5c34)n2)cc1. The smallest absolute Gasteiger partial charge is 0.164 e. The molecule has 220 valence electrons. The van der Waals surface area contributed by atoms with E-state index in [2.05, 4.69) is 103 Å². The van der Waals surface area contributed by atoms with Crippen LogP contribution in [-0.4, -0.2) is 15.0 Å². The van der Waals surface area contributed by atoms with Gasteiger partial charge < -0.3 is 4.42 Å². The Morgan fingerprint density at radius 2 is 0.894 bits per heavy atom. The number of nitrogens with zero attached hydrogens (tertiary/aromatic N) is 3. The molecule has 0 aliphatic carbocycles. The zero-order valence-electron chi connectivity index (χ0n) is 25.3. The van der Waals surface area contributed by atoms with E-state index in [1.165, 1.54) is 21.9 Å². The third kappa shape index (κ3) is 4.93. The Hall–Kier alpha value is -6.39. The summed E-state index contributed by atoms with van der Waals surface area (Å²) in [7, 11) is 0. The zero-order valence-corrected chi connectivity index (χ0v) is 25.3. The van der Waals surface area contributed by atoms with Crippen molar-refractivity contribution >= 4 is 32.7 Å². The van der Waals surface area contributed by atoms with E-state index in [1.54, 1.807) is 0 Å². The molecule has 0 amide bonds. The van der Waals surface area contributed by atoms with Crippen LogP contribution in [0.5, 0.6) is 0 Å². The van der Waals surface area contributed by atoms with Crippen molar-refractivity contribution in [2.45, 2.75) is 0 Å². The Bertz CT molecular complexity index is 2570. The predicted octanol–water partition coefficient (Wildman–Crippen LogP) is 11.3. The summed E-state index contributed by atoms with van der Waals surface area (Å²) in [6, 6.07) is 56.5. The number of aromatic nitrogens is 3. The molecule has 0 atom stereocenters. The van der Waals surface area contributed by atoms with Gasteiger partial charge in [0.05, 0.1) is 0 Å². The van der Waals surface area contributed by atoms with Crippen LogP contribution < -0.4 is 0 Å². The van der Waals surface area contributed by atoms with E-state index in [4.69, 9.17) is 19.4 Å². The Kier molecular flexibility index (Phi) is 6.43. The second-order valence-electron chi connectivity index (χ2n) is 11.7. The fourth-order valence-electron chi connectivity index (χ4n) is 6.36. The van der Waals surface area contributed by atoms with Crippen LogP contribution >= 0.6 is 0 Å². The lowest BCUT2D eigenvalue weighted by Crippen LogP contribution is -2.00. The van der Waals surface area contributed by atoms with Crippen molar-refractivity contribution in [2.24, 2.45) is 0 Å². The first-order valence-electron chi connectivity index (χ1n) is 15.7. The number of furan rings is 1. The van der Waals surface area contributed by atoms with Gasteiger partial charge in [-0.25, -0.2) is 15.0 Å². The maximum atomic E-state index is 6.18. The minimum absolute atomic E-state index is 0.609. The minimum atomic E-state index is 0.609. The number of hydrogen-bond acceptors (Lipinski definition) is 4. The zero-order chi connectivity index (χ0) is 31.2. The van der Waals surface area contributed by atoms with Crippen LogP contribution in [-0.2, 0) is 0 Å². The molecule has 9 aromatic rings. The molecule has 0 fully saturated rings. The number of para-hydroxylation sites is 1. The van der Waals surface area contributed by atoms with Crippen molar-refractivity contribution in [1.82, 2.24) is 15.0 Å². The highest BCUT2D eigenvalue weighted by Crippen LogP contribution is 2.37. The fraction of sp³-hybridized carbons (Fsp3) is 0. The van der Waals surface area contributed by atoms with Gasteiger partial charge in [0.1, 0.15) is 11.2 Å². The molecule has 2 aromatic heterocycles. The van der Waals surface area contributed by atoms with E-state index in [9.17, 15) is 0 Å². The average molecular weight is 602 g/mol. The maximum Gasteiger partial charge on any atom is 0.164 e. The van der Waals surface area contributed by atoms with Crippen LogP contribution in [0.15, 0.2) is 168 Å². The largest absolute Gasteiger partial charge is 0.456 e. The van der Waals surface area contributed by atoms with Gasteiger partial charge in [0, 0.05) is 27.5 Å². The first-order valence-corrected chi connectivity index (χ1v) is 15.7. The molecule has 9 rings (SSSR count). The molecule has 4 nitrogen and oxygen atoms in total. The Balaban J connectivity index is 1.13. The highest BCUT2D eigenvalue weighted by molar-refractivity contribution is 6.11. The minimum Gasteiger partial charge on any atom is -0.456 e. The monoisotopic (exact) mass is 601 g/mol. The average Bonchev–Trinajstić information content (AvgIpc) is 3.54. The molecule has 0 spiro atoms. The highest BCUT2D eigenvalue weighted by Gasteiger charge is 2.17. The summed E-state index contributed by atoms with van der Waals surface area (Å²) in [6.07, 6.45) is 0. The van der Waals surface area contributed by atoms with Gasteiger partial charge in [-0.1, -0.05) is 140 Å². The van der Waals surface area contributed by atoms with E-state index in [0.717, 1.165) is 49.8 Å². The van der Waals surface area contributed by atoms with Gasteiger partial charge in [0.25, 0.3) is 0 Å². The standard InChI is InChI=1S/C43H27N3O/c1-2-11-30(12-3-1)41-44-42(46-43(45-41)37-17-9-19-39-40(37)36-16-6-7-18-38(36)47-39)31-23-20-29(21-24-31)33-14-8-15-34(26-33)35-25-22-28-10-4-5-13-32(28)27-35/h1-27H. The molecule has 0 aliphatic rings. The van der Waals surface area contributed by atoms with Gasteiger partial charge in [0.15, 0.2) is 17.5 Å². The summed E-state index contributed by atoms with van der Waals surface area (Å²) in [4.78, 5) is 15.0. The number of rotatable bonds is 5. The predicted molar refractivity (Wildman–Crippen MR) is 192 cm³/mol. The first kappa shape index (κ1) is 27.0. The van der Waals surface area contributed by atoms with Gasteiger partial charge >= 0.3 is 0 Å².